The average Bonchev–Trinajstić information content (AvgIpc) is 3.24. The van der Waals surface area contributed by atoms with Crippen molar-refractivity contribution in [3.05, 3.63) is 30.1 Å². The van der Waals surface area contributed by atoms with E-state index in [0.29, 0.717) is 18.9 Å². The Morgan fingerprint density at radius 2 is 2.18 bits per heavy atom. The second kappa shape index (κ2) is 5.72. The Balaban J connectivity index is 1.62. The summed E-state index contributed by atoms with van der Waals surface area (Å²) in [6.07, 6.45) is 2.26. The number of aromatic nitrogens is 2. The summed E-state index contributed by atoms with van der Waals surface area (Å²) in [6.45, 7) is 4.14. The van der Waals surface area contributed by atoms with Gasteiger partial charge in [-0.2, -0.15) is 0 Å². The number of amides is 1. The van der Waals surface area contributed by atoms with E-state index >= 15 is 0 Å². The summed E-state index contributed by atoms with van der Waals surface area (Å²) in [5, 5.41) is 12.7. The number of nitrogens with zero attached hydrogens (tertiary/aromatic N) is 1. The van der Waals surface area contributed by atoms with Crippen LogP contribution < -0.4 is 5.32 Å². The topological polar surface area (TPSA) is 78.0 Å². The summed E-state index contributed by atoms with van der Waals surface area (Å²) in [5.41, 5.74) is 1.33. The maximum atomic E-state index is 12.4. The molecule has 1 aromatic carbocycles. The molecule has 5 nitrogen and oxygen atoms in total. The van der Waals surface area contributed by atoms with Gasteiger partial charge in [0, 0.05) is 13.0 Å². The van der Waals surface area contributed by atoms with Crippen molar-refractivity contribution in [1.29, 1.82) is 0 Å². The molecule has 1 aromatic heterocycles. The Kier molecular flexibility index (Phi) is 3.91. The van der Waals surface area contributed by atoms with Crippen molar-refractivity contribution in [1.82, 2.24) is 15.3 Å². The molecule has 1 amide bonds. The molecule has 0 unspecified atom stereocenters. The molecule has 3 N–H and O–H groups in total. The summed E-state index contributed by atoms with van der Waals surface area (Å²) < 4.78 is 0. The smallest absolute Gasteiger partial charge is 0.226 e. The number of aliphatic hydroxyl groups is 1. The molecular weight excluding hydrogens is 278 g/mol. The summed E-state index contributed by atoms with van der Waals surface area (Å²) in [7, 11) is 0. The Morgan fingerprint density at radius 3 is 2.86 bits per heavy atom. The van der Waals surface area contributed by atoms with Crippen LogP contribution in [0.3, 0.4) is 0 Å². The number of hydrogen-bond acceptors (Lipinski definition) is 3. The van der Waals surface area contributed by atoms with Crippen molar-refractivity contribution in [2.24, 2.45) is 11.3 Å². The third kappa shape index (κ3) is 3.30. The van der Waals surface area contributed by atoms with Gasteiger partial charge in [-0.15, -0.1) is 0 Å². The molecule has 1 atom stereocenters. The van der Waals surface area contributed by atoms with E-state index in [1.165, 1.54) is 0 Å². The number of imidazole rings is 1. The van der Waals surface area contributed by atoms with Crippen LogP contribution in [0.2, 0.25) is 0 Å². The van der Waals surface area contributed by atoms with Gasteiger partial charge in [0.25, 0.3) is 0 Å². The number of carbonyl (C=O) groups is 1. The highest BCUT2D eigenvalue weighted by Gasteiger charge is 2.33. The number of hydrogen-bond donors (Lipinski definition) is 3. The van der Waals surface area contributed by atoms with Gasteiger partial charge in [0.1, 0.15) is 5.82 Å². The first-order valence-electron chi connectivity index (χ1n) is 7.86. The summed E-state index contributed by atoms with van der Waals surface area (Å²) >= 11 is 0. The van der Waals surface area contributed by atoms with Crippen LogP contribution in [0.4, 0.5) is 0 Å². The number of rotatable bonds is 6. The van der Waals surface area contributed by atoms with E-state index in [-0.39, 0.29) is 5.91 Å². The molecule has 0 saturated heterocycles. The van der Waals surface area contributed by atoms with Crippen molar-refractivity contribution in [2.75, 3.05) is 6.54 Å². The van der Waals surface area contributed by atoms with Crippen molar-refractivity contribution < 1.29 is 9.90 Å². The minimum absolute atomic E-state index is 0.0485. The summed E-state index contributed by atoms with van der Waals surface area (Å²) in [5.74, 6) is 1.13. The maximum absolute atomic E-state index is 12.4. The molecule has 0 spiro atoms. The van der Waals surface area contributed by atoms with Gasteiger partial charge in [-0.1, -0.05) is 26.0 Å². The standard InChI is InChI=1S/C17H23N3O2/c1-17(2,16(22)18-10-14(21)11-7-8-11)9-15-19-12-5-3-4-6-13(12)20-15/h3-6,11,14,21H,7-10H2,1-2H3,(H,18,22)(H,19,20)/t14-/m0/s1. The lowest BCUT2D eigenvalue weighted by Gasteiger charge is -2.23. The molecule has 2 aromatic rings. The second-order valence-corrected chi connectivity index (χ2v) is 6.88. The first-order chi connectivity index (χ1) is 10.5. The minimum Gasteiger partial charge on any atom is -0.391 e. The number of para-hydroxylation sites is 2. The molecule has 0 aliphatic heterocycles. The highest BCUT2D eigenvalue weighted by Crippen LogP contribution is 2.32. The highest BCUT2D eigenvalue weighted by atomic mass is 16.3. The van der Waals surface area contributed by atoms with Crippen molar-refractivity contribution in [2.45, 2.75) is 39.2 Å². The Bertz CT molecular complexity index is 640. The molecule has 1 heterocycles. The van der Waals surface area contributed by atoms with E-state index in [1.54, 1.807) is 0 Å². The van der Waals surface area contributed by atoms with Crippen molar-refractivity contribution in [3.8, 4) is 0 Å². The van der Waals surface area contributed by atoms with E-state index in [0.717, 1.165) is 29.7 Å². The molecule has 1 saturated carbocycles. The fraction of sp³-hybridized carbons (Fsp3) is 0.529. The summed E-state index contributed by atoms with van der Waals surface area (Å²) in [4.78, 5) is 20.2. The Labute approximate surface area is 130 Å². The lowest BCUT2D eigenvalue weighted by atomic mass is 9.88. The molecule has 0 radical (unpaired) electrons. The van der Waals surface area contributed by atoms with Crippen LogP contribution >= 0.6 is 0 Å². The molecule has 1 aliphatic carbocycles. The first-order valence-corrected chi connectivity index (χ1v) is 7.86. The SMILES string of the molecule is CC(C)(Cc1nc2ccccc2[nH]1)C(=O)NC[C@H](O)C1CC1. The van der Waals surface area contributed by atoms with Gasteiger partial charge in [0.05, 0.1) is 22.6 Å². The van der Waals surface area contributed by atoms with Gasteiger partial charge in [-0.25, -0.2) is 4.98 Å². The van der Waals surface area contributed by atoms with Crippen molar-refractivity contribution in [3.63, 3.8) is 0 Å². The molecule has 0 bridgehead atoms. The van der Waals surface area contributed by atoms with Gasteiger partial charge in [-0.3, -0.25) is 4.79 Å². The quantitative estimate of drug-likeness (QED) is 0.764. The van der Waals surface area contributed by atoms with Gasteiger partial charge in [0.15, 0.2) is 0 Å². The van der Waals surface area contributed by atoms with E-state index in [4.69, 9.17) is 0 Å². The molecule has 3 rings (SSSR count). The first kappa shape index (κ1) is 15.0. The van der Waals surface area contributed by atoms with Crippen molar-refractivity contribution >= 4 is 16.9 Å². The number of benzene rings is 1. The Hall–Kier alpha value is -1.88. The number of H-pyrrole nitrogens is 1. The molecule has 22 heavy (non-hydrogen) atoms. The fourth-order valence-corrected chi connectivity index (χ4v) is 2.67. The molecular formula is C17H23N3O2. The molecule has 118 valence electrons. The zero-order chi connectivity index (χ0) is 15.7. The average molecular weight is 301 g/mol. The fourth-order valence-electron chi connectivity index (χ4n) is 2.67. The van der Waals surface area contributed by atoms with Gasteiger partial charge in [-0.05, 0) is 30.9 Å². The zero-order valence-corrected chi connectivity index (χ0v) is 13.1. The number of nitrogens with one attached hydrogen (secondary N) is 2. The highest BCUT2D eigenvalue weighted by molar-refractivity contribution is 5.82. The maximum Gasteiger partial charge on any atom is 0.226 e. The molecule has 1 fully saturated rings. The van der Waals surface area contributed by atoms with E-state index in [2.05, 4.69) is 15.3 Å². The predicted molar refractivity (Wildman–Crippen MR) is 85.3 cm³/mol. The summed E-state index contributed by atoms with van der Waals surface area (Å²) in [6, 6.07) is 7.84. The van der Waals surface area contributed by atoms with Crippen LogP contribution in [0.15, 0.2) is 24.3 Å². The van der Waals surface area contributed by atoms with E-state index < -0.39 is 11.5 Å². The van der Waals surface area contributed by atoms with Crippen LogP contribution in [-0.4, -0.2) is 33.6 Å². The van der Waals surface area contributed by atoms with Gasteiger partial charge in [0.2, 0.25) is 5.91 Å². The van der Waals surface area contributed by atoms with Gasteiger partial charge >= 0.3 is 0 Å². The predicted octanol–water partition coefficient (Wildman–Crippen LogP) is 2.02. The van der Waals surface area contributed by atoms with Crippen LogP contribution in [0, 0.1) is 11.3 Å². The molecule has 5 heteroatoms. The number of fused-ring (bicyclic) bond motifs is 1. The van der Waals surface area contributed by atoms with E-state index in [9.17, 15) is 9.90 Å². The van der Waals surface area contributed by atoms with E-state index in [1.807, 2.05) is 38.1 Å². The number of carbonyl (C=O) groups excluding carboxylic acids is 1. The number of aromatic amines is 1. The number of aliphatic hydroxyl groups excluding tert-OH is 1. The monoisotopic (exact) mass is 301 g/mol. The third-order valence-corrected chi connectivity index (χ3v) is 4.30. The lowest BCUT2D eigenvalue weighted by Crippen LogP contribution is -2.42. The normalized spacial score (nSPS) is 16.7. The lowest BCUT2D eigenvalue weighted by molar-refractivity contribution is -0.129. The van der Waals surface area contributed by atoms with Crippen LogP contribution in [0.1, 0.15) is 32.5 Å². The van der Waals surface area contributed by atoms with Crippen LogP contribution in [0.5, 0.6) is 0 Å². The second-order valence-electron chi connectivity index (χ2n) is 6.88. The van der Waals surface area contributed by atoms with Gasteiger partial charge < -0.3 is 15.4 Å². The largest absolute Gasteiger partial charge is 0.391 e. The third-order valence-electron chi connectivity index (χ3n) is 4.30. The minimum atomic E-state index is -0.572. The molecule has 1 aliphatic rings. The van der Waals surface area contributed by atoms with Crippen LogP contribution in [0.25, 0.3) is 11.0 Å². The van der Waals surface area contributed by atoms with Crippen LogP contribution in [-0.2, 0) is 11.2 Å². The zero-order valence-electron chi connectivity index (χ0n) is 13.1. The Morgan fingerprint density at radius 1 is 1.45 bits per heavy atom.